The van der Waals surface area contributed by atoms with Crippen LogP contribution in [0.25, 0.3) is 0 Å². The highest BCUT2D eigenvalue weighted by atomic mass is 79.9. The first-order chi connectivity index (χ1) is 5.68. The van der Waals surface area contributed by atoms with Crippen molar-refractivity contribution in [1.82, 2.24) is 5.06 Å². The van der Waals surface area contributed by atoms with Crippen LogP contribution in [0.15, 0.2) is 28.7 Å². The number of rotatable bonds is 3. The van der Waals surface area contributed by atoms with Gasteiger partial charge in [0.15, 0.2) is 0 Å². The summed E-state index contributed by atoms with van der Waals surface area (Å²) in [5.41, 5.74) is 1.23. The lowest BCUT2D eigenvalue weighted by atomic mass is 10.1. The molecule has 0 atom stereocenters. The monoisotopic (exact) mass is 229 g/mol. The lowest BCUT2D eigenvalue weighted by Crippen LogP contribution is -2.15. The van der Waals surface area contributed by atoms with E-state index in [-0.39, 0.29) is 0 Å². The molecule has 0 heterocycles. The molecular formula is C9H12BrNO. The minimum Gasteiger partial charge on any atom is -0.314 e. The average Bonchev–Trinajstić information content (AvgIpc) is 2.01. The molecular weight excluding hydrogens is 218 g/mol. The maximum atomic E-state index is 8.90. The van der Waals surface area contributed by atoms with E-state index in [0.717, 1.165) is 10.9 Å². The highest BCUT2D eigenvalue weighted by Crippen LogP contribution is 2.11. The number of hydrogen-bond donors (Lipinski definition) is 1. The fourth-order valence-corrected chi connectivity index (χ4v) is 1.43. The molecule has 0 spiro atoms. The lowest BCUT2D eigenvalue weighted by molar-refractivity contribution is -0.0634. The van der Waals surface area contributed by atoms with Crippen LogP contribution in [-0.2, 0) is 6.42 Å². The van der Waals surface area contributed by atoms with E-state index in [2.05, 4.69) is 22.0 Å². The second-order valence-corrected chi connectivity index (χ2v) is 3.68. The largest absolute Gasteiger partial charge is 0.314 e. The molecule has 0 amide bonds. The summed E-state index contributed by atoms with van der Waals surface area (Å²) in [7, 11) is 1.65. The molecule has 0 aliphatic heterocycles. The Morgan fingerprint density at radius 1 is 1.50 bits per heavy atom. The van der Waals surface area contributed by atoms with Gasteiger partial charge in [0.05, 0.1) is 0 Å². The molecule has 0 saturated heterocycles. The van der Waals surface area contributed by atoms with E-state index in [9.17, 15) is 0 Å². The van der Waals surface area contributed by atoms with Crippen LogP contribution in [0.5, 0.6) is 0 Å². The molecule has 66 valence electrons. The number of likely N-dealkylation sites (N-methyl/N-ethyl adjacent to an activating group) is 1. The van der Waals surface area contributed by atoms with Gasteiger partial charge in [0.2, 0.25) is 0 Å². The Kier molecular flexibility index (Phi) is 3.72. The van der Waals surface area contributed by atoms with Gasteiger partial charge >= 0.3 is 0 Å². The second kappa shape index (κ2) is 4.60. The Hall–Kier alpha value is -0.380. The van der Waals surface area contributed by atoms with Crippen LogP contribution < -0.4 is 0 Å². The first-order valence-electron chi connectivity index (χ1n) is 3.83. The highest BCUT2D eigenvalue weighted by molar-refractivity contribution is 9.10. The van der Waals surface area contributed by atoms with Gasteiger partial charge in [-0.3, -0.25) is 0 Å². The Morgan fingerprint density at radius 2 is 2.25 bits per heavy atom. The van der Waals surface area contributed by atoms with E-state index in [1.165, 1.54) is 10.6 Å². The minimum absolute atomic E-state index is 0.663. The molecule has 0 aliphatic rings. The number of nitrogens with zero attached hydrogens (tertiary/aromatic N) is 1. The first-order valence-corrected chi connectivity index (χ1v) is 4.62. The quantitative estimate of drug-likeness (QED) is 0.805. The molecule has 1 rings (SSSR count). The summed E-state index contributed by atoms with van der Waals surface area (Å²) in [4.78, 5) is 0. The molecule has 3 heteroatoms. The van der Waals surface area contributed by atoms with Gasteiger partial charge in [-0.05, 0) is 24.1 Å². The molecule has 1 N–H and O–H groups in total. The van der Waals surface area contributed by atoms with Crippen LogP contribution in [0.4, 0.5) is 0 Å². The van der Waals surface area contributed by atoms with Crippen LogP contribution in [-0.4, -0.2) is 23.9 Å². The molecule has 0 saturated carbocycles. The summed E-state index contributed by atoms with van der Waals surface area (Å²) in [6, 6.07) is 8.10. The van der Waals surface area contributed by atoms with Crippen molar-refractivity contribution in [1.29, 1.82) is 0 Å². The third-order valence-electron chi connectivity index (χ3n) is 1.61. The van der Waals surface area contributed by atoms with Crippen LogP contribution in [0, 0.1) is 0 Å². The first kappa shape index (κ1) is 9.71. The van der Waals surface area contributed by atoms with E-state index in [1.54, 1.807) is 7.05 Å². The van der Waals surface area contributed by atoms with Crippen molar-refractivity contribution >= 4 is 15.9 Å². The standard InChI is InChI=1S/C9H12BrNO/c1-11(12)6-5-8-3-2-4-9(10)7-8/h2-4,7,12H,5-6H2,1H3. The van der Waals surface area contributed by atoms with Gasteiger partial charge in [0.25, 0.3) is 0 Å². The Balaban J connectivity index is 2.52. The van der Waals surface area contributed by atoms with Crippen LogP contribution in [0.2, 0.25) is 0 Å². The average molecular weight is 230 g/mol. The van der Waals surface area contributed by atoms with Crippen molar-refractivity contribution in [3.05, 3.63) is 34.3 Å². The predicted octanol–water partition coefficient (Wildman–Crippen LogP) is 2.31. The van der Waals surface area contributed by atoms with E-state index >= 15 is 0 Å². The summed E-state index contributed by atoms with van der Waals surface area (Å²) >= 11 is 3.39. The summed E-state index contributed by atoms with van der Waals surface area (Å²) in [6.45, 7) is 0.663. The zero-order valence-electron chi connectivity index (χ0n) is 7.00. The molecule has 0 fully saturated rings. The van der Waals surface area contributed by atoms with Crippen LogP contribution >= 0.6 is 15.9 Å². The minimum atomic E-state index is 0.663. The van der Waals surface area contributed by atoms with E-state index in [1.807, 2.05) is 18.2 Å². The van der Waals surface area contributed by atoms with Crippen LogP contribution in [0.1, 0.15) is 5.56 Å². The van der Waals surface area contributed by atoms with Crippen molar-refractivity contribution in [3.8, 4) is 0 Å². The van der Waals surface area contributed by atoms with Gasteiger partial charge in [0, 0.05) is 18.1 Å². The third kappa shape index (κ3) is 3.34. The molecule has 0 bridgehead atoms. The Morgan fingerprint density at radius 3 is 2.83 bits per heavy atom. The maximum Gasteiger partial charge on any atom is 0.0275 e. The summed E-state index contributed by atoms with van der Waals surface area (Å²) in [5.74, 6) is 0. The molecule has 0 aliphatic carbocycles. The fraction of sp³-hybridized carbons (Fsp3) is 0.333. The summed E-state index contributed by atoms with van der Waals surface area (Å²) in [5, 5.41) is 10.1. The molecule has 2 nitrogen and oxygen atoms in total. The molecule has 1 aromatic carbocycles. The fourth-order valence-electron chi connectivity index (χ4n) is 0.983. The number of hydroxylamine groups is 2. The normalized spacial score (nSPS) is 10.7. The van der Waals surface area contributed by atoms with Gasteiger partial charge < -0.3 is 5.21 Å². The zero-order valence-corrected chi connectivity index (χ0v) is 8.58. The third-order valence-corrected chi connectivity index (χ3v) is 2.11. The number of hydrogen-bond acceptors (Lipinski definition) is 2. The molecule has 0 unspecified atom stereocenters. The summed E-state index contributed by atoms with van der Waals surface area (Å²) in [6.07, 6.45) is 0.867. The van der Waals surface area contributed by atoms with Crippen molar-refractivity contribution in [2.45, 2.75) is 6.42 Å². The van der Waals surface area contributed by atoms with Crippen molar-refractivity contribution in [2.24, 2.45) is 0 Å². The van der Waals surface area contributed by atoms with E-state index < -0.39 is 0 Å². The topological polar surface area (TPSA) is 23.5 Å². The van der Waals surface area contributed by atoms with Crippen molar-refractivity contribution < 1.29 is 5.21 Å². The van der Waals surface area contributed by atoms with Crippen molar-refractivity contribution in [3.63, 3.8) is 0 Å². The summed E-state index contributed by atoms with van der Waals surface area (Å²) < 4.78 is 1.08. The van der Waals surface area contributed by atoms with Gasteiger partial charge in [-0.25, -0.2) is 0 Å². The molecule has 1 aromatic rings. The van der Waals surface area contributed by atoms with Gasteiger partial charge in [-0.15, -0.1) is 0 Å². The van der Waals surface area contributed by atoms with E-state index in [0.29, 0.717) is 6.54 Å². The SMILES string of the molecule is CN(O)CCc1cccc(Br)c1. The molecule has 12 heavy (non-hydrogen) atoms. The smallest absolute Gasteiger partial charge is 0.0275 e. The van der Waals surface area contributed by atoms with Gasteiger partial charge in [-0.2, -0.15) is 5.06 Å². The number of halogens is 1. The highest BCUT2D eigenvalue weighted by Gasteiger charge is 1.95. The maximum absolute atomic E-state index is 8.90. The molecule has 0 aromatic heterocycles. The van der Waals surface area contributed by atoms with Crippen molar-refractivity contribution in [2.75, 3.05) is 13.6 Å². The molecule has 0 radical (unpaired) electrons. The van der Waals surface area contributed by atoms with Gasteiger partial charge in [0.1, 0.15) is 0 Å². The van der Waals surface area contributed by atoms with Crippen LogP contribution in [0.3, 0.4) is 0 Å². The lowest BCUT2D eigenvalue weighted by Gasteiger charge is -2.07. The Labute approximate surface area is 80.9 Å². The van der Waals surface area contributed by atoms with Gasteiger partial charge in [-0.1, -0.05) is 28.1 Å². The predicted molar refractivity (Wildman–Crippen MR) is 52.3 cm³/mol. The zero-order chi connectivity index (χ0) is 8.97. The second-order valence-electron chi connectivity index (χ2n) is 2.76. The number of benzene rings is 1. The van der Waals surface area contributed by atoms with E-state index in [4.69, 9.17) is 5.21 Å². The Bertz CT molecular complexity index is 250.